The van der Waals surface area contributed by atoms with Crippen LogP contribution in [-0.4, -0.2) is 6.04 Å². The van der Waals surface area contributed by atoms with Gasteiger partial charge in [0.25, 0.3) is 0 Å². The van der Waals surface area contributed by atoms with Crippen molar-refractivity contribution >= 4 is 12.4 Å². The molecule has 0 aromatic heterocycles. The van der Waals surface area contributed by atoms with E-state index < -0.39 is 0 Å². The lowest BCUT2D eigenvalue weighted by Crippen LogP contribution is -2.31. The van der Waals surface area contributed by atoms with Gasteiger partial charge >= 0.3 is 0 Å². The Bertz CT molecular complexity index is 565. The van der Waals surface area contributed by atoms with Crippen LogP contribution in [0, 0.1) is 0 Å². The van der Waals surface area contributed by atoms with Crippen LogP contribution in [0.5, 0.6) is 0 Å². The first-order valence-corrected chi connectivity index (χ1v) is 7.65. The van der Waals surface area contributed by atoms with Crippen molar-refractivity contribution in [3.8, 4) is 0 Å². The molecule has 2 atom stereocenters. The van der Waals surface area contributed by atoms with E-state index in [1.54, 1.807) is 0 Å². The smallest absolute Gasteiger partial charge is 0.0325 e. The third-order valence-corrected chi connectivity index (χ3v) is 4.23. The van der Waals surface area contributed by atoms with Gasteiger partial charge in [-0.1, -0.05) is 68.4 Å². The lowest BCUT2D eigenvalue weighted by Gasteiger charge is -2.33. The number of fused-ring (bicyclic) bond motifs is 1. The van der Waals surface area contributed by atoms with Gasteiger partial charge in [0.2, 0.25) is 0 Å². The van der Waals surface area contributed by atoms with Gasteiger partial charge in [0.15, 0.2) is 0 Å². The Kier molecular flexibility index (Phi) is 5.44. The molecule has 0 bridgehead atoms. The molecular weight excluding hydrogens is 278 g/mol. The molecule has 0 amide bonds. The topological polar surface area (TPSA) is 12.0 Å². The Balaban J connectivity index is 0.00000161. The second-order valence-electron chi connectivity index (χ2n) is 6.04. The van der Waals surface area contributed by atoms with Gasteiger partial charge in [-0.05, 0) is 29.5 Å². The fourth-order valence-electron chi connectivity index (χ4n) is 3.40. The van der Waals surface area contributed by atoms with E-state index in [9.17, 15) is 0 Å². The van der Waals surface area contributed by atoms with Crippen LogP contribution in [0.3, 0.4) is 0 Å². The molecule has 0 spiro atoms. The van der Waals surface area contributed by atoms with Crippen molar-refractivity contribution in [3.63, 3.8) is 0 Å². The van der Waals surface area contributed by atoms with Gasteiger partial charge in [-0.25, -0.2) is 0 Å². The van der Waals surface area contributed by atoms with Crippen molar-refractivity contribution in [2.75, 3.05) is 0 Å². The average Bonchev–Trinajstić information content (AvgIpc) is 2.48. The predicted octanol–water partition coefficient (Wildman–Crippen LogP) is 5.07. The maximum absolute atomic E-state index is 3.71. The van der Waals surface area contributed by atoms with Crippen LogP contribution in [0.25, 0.3) is 0 Å². The summed E-state index contributed by atoms with van der Waals surface area (Å²) >= 11 is 0. The zero-order valence-electron chi connectivity index (χ0n) is 12.8. The van der Waals surface area contributed by atoms with Gasteiger partial charge in [0.1, 0.15) is 0 Å². The Morgan fingerprint density at radius 3 is 2.14 bits per heavy atom. The van der Waals surface area contributed by atoms with Crippen LogP contribution < -0.4 is 5.32 Å². The molecule has 112 valence electrons. The predicted molar refractivity (Wildman–Crippen MR) is 92.2 cm³/mol. The summed E-state index contributed by atoms with van der Waals surface area (Å²) in [6, 6.07) is 20.9. The fraction of sp³-hybridized carbons (Fsp3) is 0.368. The van der Waals surface area contributed by atoms with Crippen LogP contribution in [0.2, 0.25) is 0 Å². The molecule has 0 aliphatic heterocycles. The standard InChI is InChI=1S/C19H23N.ClH/c1-14(2)20-19-13-12-16(15-8-4-3-5-9-15)17-10-6-7-11-18(17)19;/h3-11,14,16,19-20H,12-13H2,1-2H3;1H/t16-,19+;/m1./s1. The number of rotatable bonds is 3. The molecule has 1 aliphatic rings. The van der Waals surface area contributed by atoms with Crippen molar-refractivity contribution in [1.82, 2.24) is 5.32 Å². The summed E-state index contributed by atoms with van der Waals surface area (Å²) in [6.45, 7) is 4.46. The highest BCUT2D eigenvalue weighted by Gasteiger charge is 2.27. The number of nitrogens with one attached hydrogen (secondary N) is 1. The molecule has 1 N–H and O–H groups in total. The summed E-state index contributed by atoms with van der Waals surface area (Å²) in [4.78, 5) is 0. The van der Waals surface area contributed by atoms with E-state index in [1.165, 1.54) is 29.5 Å². The lowest BCUT2D eigenvalue weighted by atomic mass is 9.76. The second kappa shape index (κ2) is 7.11. The van der Waals surface area contributed by atoms with Crippen molar-refractivity contribution < 1.29 is 0 Å². The molecule has 0 unspecified atom stereocenters. The van der Waals surface area contributed by atoms with E-state index >= 15 is 0 Å². The zero-order valence-corrected chi connectivity index (χ0v) is 13.6. The van der Waals surface area contributed by atoms with Crippen molar-refractivity contribution in [1.29, 1.82) is 0 Å². The summed E-state index contributed by atoms with van der Waals surface area (Å²) in [5, 5.41) is 3.71. The van der Waals surface area contributed by atoms with E-state index in [-0.39, 0.29) is 12.4 Å². The molecule has 0 heterocycles. The molecule has 0 saturated carbocycles. The van der Waals surface area contributed by atoms with E-state index in [4.69, 9.17) is 0 Å². The van der Waals surface area contributed by atoms with E-state index in [2.05, 4.69) is 73.8 Å². The SMILES string of the molecule is CC(C)N[C@H]1CC[C@H](c2ccccc2)c2ccccc21.Cl. The van der Waals surface area contributed by atoms with E-state index in [0.29, 0.717) is 18.0 Å². The quantitative estimate of drug-likeness (QED) is 0.834. The maximum Gasteiger partial charge on any atom is 0.0325 e. The van der Waals surface area contributed by atoms with Crippen molar-refractivity contribution in [2.24, 2.45) is 0 Å². The highest BCUT2D eigenvalue weighted by atomic mass is 35.5. The summed E-state index contributed by atoms with van der Waals surface area (Å²) in [7, 11) is 0. The molecule has 2 heteroatoms. The van der Waals surface area contributed by atoms with E-state index in [0.717, 1.165) is 0 Å². The molecule has 21 heavy (non-hydrogen) atoms. The van der Waals surface area contributed by atoms with E-state index in [1.807, 2.05) is 0 Å². The van der Waals surface area contributed by atoms with Crippen LogP contribution in [0.4, 0.5) is 0 Å². The first kappa shape index (κ1) is 16.1. The number of hydrogen-bond donors (Lipinski definition) is 1. The Hall–Kier alpha value is -1.31. The average molecular weight is 302 g/mol. The highest BCUT2D eigenvalue weighted by molar-refractivity contribution is 5.85. The van der Waals surface area contributed by atoms with Crippen molar-refractivity contribution in [3.05, 3.63) is 71.3 Å². The van der Waals surface area contributed by atoms with Crippen LogP contribution in [0.1, 0.15) is 55.3 Å². The summed E-state index contributed by atoms with van der Waals surface area (Å²) < 4.78 is 0. The van der Waals surface area contributed by atoms with Gasteiger partial charge < -0.3 is 5.32 Å². The molecule has 1 aliphatic carbocycles. The largest absolute Gasteiger partial charge is 0.308 e. The third kappa shape index (κ3) is 3.48. The summed E-state index contributed by atoms with van der Waals surface area (Å²) in [5.41, 5.74) is 4.44. The van der Waals surface area contributed by atoms with Gasteiger partial charge in [0, 0.05) is 18.0 Å². The fourth-order valence-corrected chi connectivity index (χ4v) is 3.40. The molecule has 2 aromatic rings. The monoisotopic (exact) mass is 301 g/mol. The number of halogens is 1. The van der Waals surface area contributed by atoms with Gasteiger partial charge in [-0.2, -0.15) is 0 Å². The highest BCUT2D eigenvalue weighted by Crippen LogP contribution is 2.41. The van der Waals surface area contributed by atoms with Gasteiger partial charge in [0.05, 0.1) is 0 Å². The number of hydrogen-bond acceptors (Lipinski definition) is 1. The number of benzene rings is 2. The summed E-state index contributed by atoms with van der Waals surface area (Å²) in [6.07, 6.45) is 2.44. The second-order valence-corrected chi connectivity index (χ2v) is 6.04. The molecule has 0 radical (unpaired) electrons. The molecule has 2 aromatic carbocycles. The molecule has 1 nitrogen and oxygen atoms in total. The molecule has 3 rings (SSSR count). The molecule has 0 fully saturated rings. The maximum atomic E-state index is 3.71. The Labute approximate surface area is 134 Å². The minimum atomic E-state index is 0. The summed E-state index contributed by atoms with van der Waals surface area (Å²) in [5.74, 6) is 0.553. The van der Waals surface area contributed by atoms with Crippen LogP contribution in [0.15, 0.2) is 54.6 Å². The van der Waals surface area contributed by atoms with Gasteiger partial charge in [-0.3, -0.25) is 0 Å². The Morgan fingerprint density at radius 2 is 1.48 bits per heavy atom. The van der Waals surface area contributed by atoms with Crippen LogP contribution in [-0.2, 0) is 0 Å². The first-order valence-electron chi connectivity index (χ1n) is 7.65. The normalized spacial score (nSPS) is 20.7. The first-order chi connectivity index (χ1) is 9.75. The van der Waals surface area contributed by atoms with Crippen molar-refractivity contribution in [2.45, 2.75) is 44.7 Å². The molecular formula is C19H24ClN. The lowest BCUT2D eigenvalue weighted by molar-refractivity contribution is 0.409. The minimum Gasteiger partial charge on any atom is -0.308 e. The van der Waals surface area contributed by atoms with Gasteiger partial charge in [-0.15, -0.1) is 12.4 Å². The minimum absolute atomic E-state index is 0. The molecule has 0 saturated heterocycles. The Morgan fingerprint density at radius 1 is 0.857 bits per heavy atom. The zero-order chi connectivity index (χ0) is 13.9. The van der Waals surface area contributed by atoms with Crippen LogP contribution >= 0.6 is 12.4 Å². The third-order valence-electron chi connectivity index (χ3n) is 4.23.